The van der Waals surface area contributed by atoms with Crippen LogP contribution < -0.4 is 5.32 Å². The number of hydrogen-bond acceptors (Lipinski definition) is 4. The monoisotopic (exact) mass is 365 g/mol. The third kappa shape index (κ3) is 4.59. The molecule has 2 N–H and O–H groups in total. The van der Waals surface area contributed by atoms with E-state index in [-0.39, 0.29) is 23.8 Å². The fourth-order valence-corrected chi connectivity index (χ4v) is 5.20. The van der Waals surface area contributed by atoms with E-state index in [4.69, 9.17) is 23.2 Å². The van der Waals surface area contributed by atoms with Crippen molar-refractivity contribution in [1.82, 2.24) is 5.32 Å². The Morgan fingerprint density at radius 1 is 1.32 bits per heavy atom. The minimum atomic E-state index is -3.09. The summed E-state index contributed by atoms with van der Waals surface area (Å²) in [5.41, 5.74) is 0.444. The van der Waals surface area contributed by atoms with E-state index in [1.165, 1.54) is 18.2 Å². The van der Waals surface area contributed by atoms with Crippen molar-refractivity contribution >= 4 is 38.9 Å². The highest BCUT2D eigenvalue weighted by Crippen LogP contribution is 2.25. The summed E-state index contributed by atoms with van der Waals surface area (Å²) in [6, 6.07) is 4.19. The molecule has 2 rings (SSSR count). The lowest BCUT2D eigenvalue weighted by molar-refractivity contribution is -0.123. The van der Waals surface area contributed by atoms with Crippen LogP contribution in [0.3, 0.4) is 0 Å². The number of carbonyl (C=O) groups is 1. The van der Waals surface area contributed by atoms with Gasteiger partial charge in [0.15, 0.2) is 9.84 Å². The highest BCUT2D eigenvalue weighted by atomic mass is 35.5. The minimum Gasteiger partial charge on any atom is -0.388 e. The number of halogens is 2. The molecular weight excluding hydrogens is 349 g/mol. The molecule has 0 aromatic heterocycles. The van der Waals surface area contributed by atoms with E-state index in [2.05, 4.69) is 5.32 Å². The topological polar surface area (TPSA) is 83.5 Å². The van der Waals surface area contributed by atoms with Crippen LogP contribution in [0.25, 0.3) is 0 Å². The summed E-state index contributed by atoms with van der Waals surface area (Å²) in [5.74, 6) is -0.520. The number of benzene rings is 1. The van der Waals surface area contributed by atoms with Crippen molar-refractivity contribution in [3.63, 3.8) is 0 Å². The van der Waals surface area contributed by atoms with Gasteiger partial charge in [-0.25, -0.2) is 8.42 Å². The SMILES string of the molecule is C[C@H]1CS(=O)(=O)C[C@H]1NC(=O)CC(O)c1cc(Cl)cc(Cl)c1. The first kappa shape index (κ1) is 17.5. The number of aliphatic hydroxyl groups excluding tert-OH is 1. The van der Waals surface area contributed by atoms with Gasteiger partial charge in [0.25, 0.3) is 0 Å². The summed E-state index contributed by atoms with van der Waals surface area (Å²) in [6.07, 6.45) is -1.23. The zero-order chi connectivity index (χ0) is 16.5. The summed E-state index contributed by atoms with van der Waals surface area (Å²) < 4.78 is 23.0. The normalized spacial score (nSPS) is 24.9. The Kier molecular flexibility index (Phi) is 5.37. The summed E-state index contributed by atoms with van der Waals surface area (Å²) in [4.78, 5) is 12.0. The largest absolute Gasteiger partial charge is 0.388 e. The first-order chi connectivity index (χ1) is 10.2. The molecule has 122 valence electrons. The molecule has 1 amide bonds. The molecule has 5 nitrogen and oxygen atoms in total. The maximum Gasteiger partial charge on any atom is 0.223 e. The molecule has 8 heteroatoms. The average molecular weight is 366 g/mol. The molecule has 1 aromatic rings. The van der Waals surface area contributed by atoms with Gasteiger partial charge in [0.2, 0.25) is 5.91 Å². The molecule has 1 fully saturated rings. The van der Waals surface area contributed by atoms with Crippen LogP contribution in [0.1, 0.15) is 25.0 Å². The van der Waals surface area contributed by atoms with Crippen molar-refractivity contribution in [2.24, 2.45) is 5.92 Å². The van der Waals surface area contributed by atoms with Gasteiger partial charge in [-0.1, -0.05) is 30.1 Å². The fraction of sp³-hybridized carbons (Fsp3) is 0.500. The van der Waals surface area contributed by atoms with Crippen LogP contribution in [0, 0.1) is 5.92 Å². The van der Waals surface area contributed by atoms with E-state index in [9.17, 15) is 18.3 Å². The number of aliphatic hydroxyl groups is 1. The molecule has 1 aliphatic heterocycles. The van der Waals surface area contributed by atoms with Crippen molar-refractivity contribution in [2.45, 2.75) is 25.5 Å². The van der Waals surface area contributed by atoms with Crippen molar-refractivity contribution in [1.29, 1.82) is 0 Å². The molecule has 1 saturated heterocycles. The van der Waals surface area contributed by atoms with Crippen LogP contribution in [0.4, 0.5) is 0 Å². The van der Waals surface area contributed by atoms with Gasteiger partial charge in [-0.15, -0.1) is 0 Å². The average Bonchev–Trinajstić information content (AvgIpc) is 2.60. The lowest BCUT2D eigenvalue weighted by atomic mass is 10.0. The van der Waals surface area contributed by atoms with E-state index in [1.54, 1.807) is 6.92 Å². The molecule has 3 atom stereocenters. The molecule has 1 aromatic carbocycles. The van der Waals surface area contributed by atoms with Crippen molar-refractivity contribution in [3.05, 3.63) is 33.8 Å². The Labute approximate surface area is 139 Å². The van der Waals surface area contributed by atoms with E-state index >= 15 is 0 Å². The standard InChI is InChI=1S/C14H17Cl2NO4S/c1-8-6-22(20,21)7-12(8)17-14(19)5-13(18)9-2-10(15)4-11(16)3-9/h2-4,8,12-13,18H,5-7H2,1H3,(H,17,19)/t8-,12+,13?/m0/s1. The summed E-state index contributed by atoms with van der Waals surface area (Å²) in [7, 11) is -3.09. The van der Waals surface area contributed by atoms with Gasteiger partial charge in [0.05, 0.1) is 24.0 Å². The van der Waals surface area contributed by atoms with E-state index < -0.39 is 27.9 Å². The summed E-state index contributed by atoms with van der Waals surface area (Å²) in [6.45, 7) is 1.78. The van der Waals surface area contributed by atoms with Gasteiger partial charge < -0.3 is 10.4 Å². The molecular formula is C14H17Cl2NO4S. The minimum absolute atomic E-state index is 0.0566. The van der Waals surface area contributed by atoms with Crippen LogP contribution in [-0.4, -0.2) is 37.0 Å². The number of rotatable bonds is 4. The third-order valence-electron chi connectivity index (χ3n) is 3.63. The van der Waals surface area contributed by atoms with Gasteiger partial charge in [0, 0.05) is 16.1 Å². The Hall–Kier alpha value is -0.820. The highest BCUT2D eigenvalue weighted by Gasteiger charge is 2.35. The van der Waals surface area contributed by atoms with Crippen LogP contribution in [0.5, 0.6) is 0 Å². The molecule has 22 heavy (non-hydrogen) atoms. The number of nitrogens with one attached hydrogen (secondary N) is 1. The molecule has 0 saturated carbocycles. The second-order valence-electron chi connectivity index (χ2n) is 5.65. The Morgan fingerprint density at radius 2 is 1.91 bits per heavy atom. The lowest BCUT2D eigenvalue weighted by Gasteiger charge is -2.17. The number of hydrogen-bond donors (Lipinski definition) is 2. The van der Waals surface area contributed by atoms with E-state index in [0.717, 1.165) is 0 Å². The second kappa shape index (κ2) is 6.74. The zero-order valence-electron chi connectivity index (χ0n) is 11.9. The first-order valence-electron chi connectivity index (χ1n) is 6.80. The fourth-order valence-electron chi connectivity index (χ4n) is 2.53. The van der Waals surface area contributed by atoms with E-state index in [0.29, 0.717) is 15.6 Å². The van der Waals surface area contributed by atoms with Gasteiger partial charge in [-0.3, -0.25) is 4.79 Å². The maximum atomic E-state index is 12.0. The molecule has 0 bridgehead atoms. The smallest absolute Gasteiger partial charge is 0.223 e. The summed E-state index contributed by atoms with van der Waals surface area (Å²) >= 11 is 11.7. The van der Waals surface area contributed by atoms with Gasteiger partial charge in [-0.05, 0) is 29.7 Å². The molecule has 0 aliphatic carbocycles. The predicted molar refractivity (Wildman–Crippen MR) is 85.8 cm³/mol. The maximum absolute atomic E-state index is 12.0. The zero-order valence-corrected chi connectivity index (χ0v) is 14.2. The van der Waals surface area contributed by atoms with Crippen LogP contribution >= 0.6 is 23.2 Å². The molecule has 1 aliphatic rings. The Morgan fingerprint density at radius 3 is 2.41 bits per heavy atom. The van der Waals surface area contributed by atoms with Gasteiger partial charge in [0.1, 0.15) is 0 Å². The summed E-state index contributed by atoms with van der Waals surface area (Å²) in [5, 5.41) is 13.5. The van der Waals surface area contributed by atoms with Gasteiger partial charge in [-0.2, -0.15) is 0 Å². The van der Waals surface area contributed by atoms with Gasteiger partial charge >= 0.3 is 0 Å². The van der Waals surface area contributed by atoms with E-state index in [1.807, 2.05) is 0 Å². The quantitative estimate of drug-likeness (QED) is 0.854. The lowest BCUT2D eigenvalue weighted by Crippen LogP contribution is -2.39. The first-order valence-corrected chi connectivity index (χ1v) is 9.38. The second-order valence-corrected chi connectivity index (χ2v) is 8.68. The molecule has 1 unspecified atom stereocenters. The third-order valence-corrected chi connectivity index (χ3v) is 5.97. The van der Waals surface area contributed by atoms with Crippen LogP contribution in [0.2, 0.25) is 10.0 Å². The number of amides is 1. The molecule has 0 radical (unpaired) electrons. The highest BCUT2D eigenvalue weighted by molar-refractivity contribution is 7.91. The van der Waals surface area contributed by atoms with Crippen molar-refractivity contribution in [3.8, 4) is 0 Å². The Bertz CT molecular complexity index is 657. The number of carbonyl (C=O) groups excluding carboxylic acids is 1. The van der Waals surface area contributed by atoms with Crippen molar-refractivity contribution in [2.75, 3.05) is 11.5 Å². The molecule has 0 spiro atoms. The van der Waals surface area contributed by atoms with Crippen LogP contribution in [0.15, 0.2) is 18.2 Å². The molecule has 1 heterocycles. The van der Waals surface area contributed by atoms with Crippen molar-refractivity contribution < 1.29 is 18.3 Å². The predicted octanol–water partition coefficient (Wildman–Crippen LogP) is 1.97. The number of sulfone groups is 1. The van der Waals surface area contributed by atoms with Crippen LogP contribution in [-0.2, 0) is 14.6 Å². The Balaban J connectivity index is 1.97.